The molecule has 6 N–H and O–H groups in total. The summed E-state index contributed by atoms with van der Waals surface area (Å²) in [4.78, 5) is 18.7. The number of aliphatic imine (C=N–C) groups is 4. The molecule has 3 fully saturated rings. The molecule has 0 aliphatic carbocycles. The number of nitrogens with zero attached hydrogens (tertiary/aromatic N) is 8. The molecular weight excluding hydrogens is 1080 g/mol. The first kappa shape index (κ1) is 61.5. The van der Waals surface area contributed by atoms with E-state index in [1.165, 1.54) is 61.2 Å². The number of piperidine rings is 3. The molecule has 16 heteroatoms. The zero-order valence-electron chi connectivity index (χ0n) is 28.8. The Morgan fingerprint density at radius 2 is 0.854 bits per heavy atom. The van der Waals surface area contributed by atoms with Crippen LogP contribution in [0.4, 0.5) is 0 Å². The average molecular weight is 1140 g/mol. The van der Waals surface area contributed by atoms with Crippen LogP contribution in [0.25, 0.3) is 39.7 Å². The minimum absolute atomic E-state index is 0. The van der Waals surface area contributed by atoms with Gasteiger partial charge in [0, 0.05) is 22.8 Å². The first-order valence-electron chi connectivity index (χ1n) is 15.5. The van der Waals surface area contributed by atoms with Crippen LogP contribution in [0.5, 0.6) is 0 Å². The molecule has 4 heterocycles. The van der Waals surface area contributed by atoms with Gasteiger partial charge in [-0.2, -0.15) is 6.20 Å². The van der Waals surface area contributed by atoms with E-state index in [-0.39, 0.29) is 130 Å². The van der Waals surface area contributed by atoms with E-state index >= 15 is 0 Å². The van der Waals surface area contributed by atoms with Gasteiger partial charge in [-0.3, -0.25) is 20.0 Å². The summed E-state index contributed by atoms with van der Waals surface area (Å²) in [5, 5.41) is 17.3. The van der Waals surface area contributed by atoms with Crippen molar-refractivity contribution in [2.75, 3.05) is 72.0 Å². The number of hydrogen-bond acceptors (Lipinski definition) is 4. The Morgan fingerprint density at radius 1 is 0.542 bits per heavy atom. The normalized spacial score (nSPS) is 19.0. The fourth-order valence-electron chi connectivity index (χ4n) is 5.56. The second kappa shape index (κ2) is 38.2. The first-order valence-corrected chi connectivity index (χ1v) is 15.5. The van der Waals surface area contributed by atoms with Crippen LogP contribution in [0, 0.1) is 17.8 Å². The molecule has 11 nitrogen and oxygen atoms in total. The maximum absolute atomic E-state index is 4.71. The van der Waals surface area contributed by atoms with Crippen LogP contribution >= 0.6 is 0 Å². The van der Waals surface area contributed by atoms with E-state index in [2.05, 4.69) is 65.0 Å². The predicted octanol–water partition coefficient (Wildman–Crippen LogP) is 9.13. The Labute approximate surface area is 370 Å². The molecule has 48 heavy (non-hydrogen) atoms. The molecule has 4 aliphatic heterocycles. The number of allylic oxidation sites excluding steroid dienone is 2. The smallest absolute Gasteiger partial charge is 0.693 e. The van der Waals surface area contributed by atoms with E-state index < -0.39 is 0 Å². The Hall–Kier alpha value is 1.42. The van der Waals surface area contributed by atoms with Gasteiger partial charge < -0.3 is 39.7 Å². The van der Waals surface area contributed by atoms with Gasteiger partial charge in [-0.15, -0.1) is 45.8 Å². The second-order valence-corrected chi connectivity index (χ2v) is 11.2. The van der Waals surface area contributed by atoms with Gasteiger partial charge in [0.25, 0.3) is 0 Å². The van der Waals surface area contributed by atoms with Gasteiger partial charge in [0.2, 0.25) is 0 Å². The van der Waals surface area contributed by atoms with Crippen molar-refractivity contribution in [3.05, 3.63) is 63.6 Å². The van der Waals surface area contributed by atoms with Gasteiger partial charge in [-0.1, -0.05) is 50.7 Å². The molecule has 0 saturated carbocycles. The second-order valence-electron chi connectivity index (χ2n) is 11.2. The standard InChI is InChI=1S/C16H28N4.C16H24N4.5Ag.3H2N/c2*1-13(15-3-7-17-8-4-15)19-11-12-20-14(2)16-5-9-18-10-6-16;;;;;;;;/h15-16H,3-12H2,1-2H3;3-4,7,16H,5-6,8-12H2,1-2H3;;;;;;3*1H2/q2*-2;5*+1;3*-1. The summed E-state index contributed by atoms with van der Waals surface area (Å²) in [7, 11) is 0. The maximum Gasteiger partial charge on any atom is 1.00 e. The van der Waals surface area contributed by atoms with Gasteiger partial charge >= 0.3 is 112 Å². The van der Waals surface area contributed by atoms with Crippen molar-refractivity contribution in [2.45, 2.75) is 66.2 Å². The molecule has 0 unspecified atom stereocenters. The quantitative estimate of drug-likeness (QED) is 0.114. The SMILES string of the molecule is CC(=NCCN=C(C)C1CC[N-]CC1)C1=CC[N-]C=C1.CC(=NCCN=C(C)C1CC[N-]CC1)C1CC[N-]CC1.[Ag+].[Ag+].[Ag+].[Ag+].[Ag+].[NH2-].[NH2-].[NH2-]. The Kier molecular flexibility index (Phi) is 48.9. The van der Waals surface area contributed by atoms with Crippen molar-refractivity contribution >= 4 is 22.8 Å². The van der Waals surface area contributed by atoms with E-state index in [1.54, 1.807) is 0 Å². The molecule has 3 saturated heterocycles. The molecule has 4 aliphatic rings. The van der Waals surface area contributed by atoms with Crippen molar-refractivity contribution in [3.63, 3.8) is 0 Å². The molecule has 0 spiro atoms. The van der Waals surface area contributed by atoms with E-state index in [9.17, 15) is 0 Å². The molecule has 0 radical (unpaired) electrons. The molecule has 0 bridgehead atoms. The van der Waals surface area contributed by atoms with Crippen LogP contribution in [0.3, 0.4) is 0 Å². The van der Waals surface area contributed by atoms with Crippen molar-refractivity contribution < 1.29 is 112 Å². The van der Waals surface area contributed by atoms with Gasteiger partial charge in [-0.05, 0) is 51.0 Å². The van der Waals surface area contributed by atoms with Crippen molar-refractivity contribution in [3.8, 4) is 0 Å². The van der Waals surface area contributed by atoms with Gasteiger partial charge in [0.1, 0.15) is 0 Å². The fourth-order valence-corrected chi connectivity index (χ4v) is 5.56. The Balaban J connectivity index is -0.000000157. The summed E-state index contributed by atoms with van der Waals surface area (Å²) in [6, 6.07) is 0. The average Bonchev–Trinajstić information content (AvgIpc) is 3.03. The third-order valence-corrected chi connectivity index (χ3v) is 8.41. The molecule has 0 aromatic heterocycles. The van der Waals surface area contributed by atoms with E-state index in [0.717, 1.165) is 77.7 Å². The summed E-state index contributed by atoms with van der Waals surface area (Å²) in [5.74, 6) is 1.97. The zero-order chi connectivity index (χ0) is 28.4. The van der Waals surface area contributed by atoms with E-state index in [0.29, 0.717) is 17.8 Å². The van der Waals surface area contributed by atoms with Crippen LogP contribution < -0.4 is 0 Å². The maximum atomic E-state index is 4.71. The van der Waals surface area contributed by atoms with Gasteiger partial charge in [0.15, 0.2) is 0 Å². The topological polar surface area (TPSA) is 206 Å². The van der Waals surface area contributed by atoms with Crippen molar-refractivity contribution in [1.82, 2.24) is 0 Å². The van der Waals surface area contributed by atoms with E-state index in [1.807, 2.05) is 12.3 Å². The minimum Gasteiger partial charge on any atom is -0.693 e. The summed E-state index contributed by atoms with van der Waals surface area (Å²) in [6.07, 6.45) is 13.0. The summed E-state index contributed by atoms with van der Waals surface area (Å²) >= 11 is 0. The van der Waals surface area contributed by atoms with Crippen LogP contribution in [-0.4, -0.2) is 94.8 Å². The van der Waals surface area contributed by atoms with Crippen molar-refractivity contribution in [2.24, 2.45) is 37.7 Å². The predicted molar refractivity (Wildman–Crippen MR) is 191 cm³/mol. The van der Waals surface area contributed by atoms with Gasteiger partial charge in [0.05, 0.1) is 26.2 Å². The molecule has 4 rings (SSSR count). The van der Waals surface area contributed by atoms with Crippen LogP contribution in [0.1, 0.15) is 66.2 Å². The molecule has 0 amide bonds. The number of nitrogens with two attached hydrogens (primary N) is 3. The summed E-state index contributed by atoms with van der Waals surface area (Å²) in [6.45, 7) is 18.6. The third-order valence-electron chi connectivity index (χ3n) is 8.41. The molecule has 0 aromatic rings. The molecular formula is C32H58Ag5N11-2. The monoisotopic (exact) mass is 1130 g/mol. The summed E-state index contributed by atoms with van der Waals surface area (Å²) < 4.78 is 0. The van der Waals surface area contributed by atoms with E-state index in [4.69, 9.17) is 9.98 Å². The first-order chi connectivity index (χ1) is 19.5. The molecule has 298 valence electrons. The largest absolute Gasteiger partial charge is 1.00 e. The minimum atomic E-state index is 0. The van der Waals surface area contributed by atoms with Crippen LogP contribution in [0.2, 0.25) is 0 Å². The number of rotatable bonds is 10. The fraction of sp³-hybridized carbons (Fsp3) is 0.750. The zero-order valence-corrected chi connectivity index (χ0v) is 36.2. The summed E-state index contributed by atoms with van der Waals surface area (Å²) in [5.41, 5.74) is 6.17. The third kappa shape index (κ3) is 25.4. The Bertz CT molecular complexity index is 907. The molecule has 0 atom stereocenters. The molecule has 0 aromatic carbocycles. The van der Waals surface area contributed by atoms with Crippen molar-refractivity contribution in [1.29, 1.82) is 0 Å². The van der Waals surface area contributed by atoms with Crippen LogP contribution in [0.15, 0.2) is 43.9 Å². The number of hydrogen-bond donors (Lipinski definition) is 0. The van der Waals surface area contributed by atoms with Gasteiger partial charge in [-0.25, -0.2) is 0 Å². The van der Waals surface area contributed by atoms with Crippen LogP contribution in [-0.2, 0) is 112 Å². The Morgan fingerprint density at radius 3 is 1.15 bits per heavy atom.